The van der Waals surface area contributed by atoms with Crippen molar-refractivity contribution < 1.29 is 14.3 Å². The monoisotopic (exact) mass is 341 g/mol. The molecule has 2 aromatic carbocycles. The Labute approximate surface area is 145 Å². The Balaban J connectivity index is 1.83. The lowest BCUT2D eigenvalue weighted by molar-refractivity contribution is -0.129. The van der Waals surface area contributed by atoms with Gasteiger partial charge in [-0.2, -0.15) is 0 Å². The van der Waals surface area contributed by atoms with Crippen LogP contribution < -0.4 is 4.74 Å². The van der Waals surface area contributed by atoms with Gasteiger partial charge in [0.2, 0.25) is 5.90 Å². The van der Waals surface area contributed by atoms with Crippen LogP contribution in [0.2, 0.25) is 5.02 Å². The van der Waals surface area contributed by atoms with Crippen LogP contribution in [0.3, 0.4) is 0 Å². The normalized spacial score (nSPS) is 15.6. The molecule has 4 nitrogen and oxygen atoms in total. The zero-order valence-corrected chi connectivity index (χ0v) is 14.1. The summed E-state index contributed by atoms with van der Waals surface area (Å²) in [4.78, 5) is 16.3. The number of benzene rings is 2. The highest BCUT2D eigenvalue weighted by Gasteiger charge is 2.24. The largest absolute Gasteiger partial charge is 0.491 e. The molecule has 0 saturated carbocycles. The minimum absolute atomic E-state index is 0.115. The van der Waals surface area contributed by atoms with Crippen LogP contribution in [0.15, 0.2) is 59.2 Å². The highest BCUT2D eigenvalue weighted by Crippen LogP contribution is 2.22. The molecule has 0 fully saturated rings. The predicted octanol–water partition coefficient (Wildman–Crippen LogP) is 4.47. The van der Waals surface area contributed by atoms with Crippen molar-refractivity contribution in [2.24, 2.45) is 4.99 Å². The van der Waals surface area contributed by atoms with E-state index in [1.807, 2.05) is 38.1 Å². The number of nitrogens with zero attached hydrogens (tertiary/aromatic N) is 1. The number of esters is 1. The Bertz CT molecular complexity index is 823. The van der Waals surface area contributed by atoms with Crippen LogP contribution in [0.1, 0.15) is 25.0 Å². The van der Waals surface area contributed by atoms with E-state index >= 15 is 0 Å². The van der Waals surface area contributed by atoms with Gasteiger partial charge in [0, 0.05) is 10.6 Å². The quantitative estimate of drug-likeness (QED) is 0.609. The first kappa shape index (κ1) is 16.3. The maximum atomic E-state index is 12.0. The number of ether oxygens (including phenoxy) is 2. The second-order valence-electron chi connectivity index (χ2n) is 5.58. The summed E-state index contributed by atoms with van der Waals surface area (Å²) in [5.74, 6) is 0.560. The second-order valence-corrected chi connectivity index (χ2v) is 6.02. The highest BCUT2D eigenvalue weighted by molar-refractivity contribution is 6.31. The average Bonchev–Trinajstić information content (AvgIpc) is 2.90. The SMILES string of the molecule is CC(C)Oc1ccc(/C=C2\N=C(c3cccc(Cl)c3)OC2=O)cc1. The van der Waals surface area contributed by atoms with E-state index < -0.39 is 5.97 Å². The first-order chi connectivity index (χ1) is 11.5. The van der Waals surface area contributed by atoms with Gasteiger partial charge in [-0.05, 0) is 55.8 Å². The molecule has 0 spiro atoms. The fourth-order valence-electron chi connectivity index (χ4n) is 2.23. The van der Waals surface area contributed by atoms with Gasteiger partial charge in [0.15, 0.2) is 5.70 Å². The van der Waals surface area contributed by atoms with E-state index in [0.29, 0.717) is 10.6 Å². The molecule has 0 radical (unpaired) electrons. The molecular formula is C19H16ClNO3. The third-order valence-electron chi connectivity index (χ3n) is 3.25. The van der Waals surface area contributed by atoms with E-state index in [1.165, 1.54) is 0 Å². The van der Waals surface area contributed by atoms with Gasteiger partial charge >= 0.3 is 5.97 Å². The zero-order chi connectivity index (χ0) is 17.1. The van der Waals surface area contributed by atoms with Gasteiger partial charge in [0.05, 0.1) is 6.10 Å². The first-order valence-corrected chi connectivity index (χ1v) is 7.94. The maximum absolute atomic E-state index is 12.0. The number of hydrogen-bond donors (Lipinski definition) is 0. The van der Waals surface area contributed by atoms with Crippen molar-refractivity contribution in [1.29, 1.82) is 0 Å². The van der Waals surface area contributed by atoms with Crippen molar-refractivity contribution in [3.05, 3.63) is 70.4 Å². The Kier molecular flexibility index (Phi) is 4.67. The fraction of sp³-hybridized carbons (Fsp3) is 0.158. The molecule has 1 aliphatic rings. The Morgan fingerprint density at radius 2 is 1.92 bits per heavy atom. The number of rotatable bonds is 4. The molecule has 0 N–H and O–H groups in total. The van der Waals surface area contributed by atoms with E-state index in [-0.39, 0.29) is 17.7 Å². The molecule has 24 heavy (non-hydrogen) atoms. The molecule has 0 aliphatic carbocycles. The number of cyclic esters (lactones) is 1. The highest BCUT2D eigenvalue weighted by atomic mass is 35.5. The van der Waals surface area contributed by atoms with E-state index in [1.54, 1.807) is 30.3 Å². The van der Waals surface area contributed by atoms with E-state index in [9.17, 15) is 4.79 Å². The summed E-state index contributed by atoms with van der Waals surface area (Å²) >= 11 is 5.95. The van der Waals surface area contributed by atoms with Gasteiger partial charge in [-0.1, -0.05) is 29.8 Å². The van der Waals surface area contributed by atoms with E-state index in [2.05, 4.69) is 4.99 Å². The van der Waals surface area contributed by atoms with Crippen LogP contribution in [0.25, 0.3) is 6.08 Å². The molecule has 1 aliphatic heterocycles. The molecule has 0 aromatic heterocycles. The van der Waals surface area contributed by atoms with Crippen LogP contribution in [0, 0.1) is 0 Å². The molecule has 1 heterocycles. The third-order valence-corrected chi connectivity index (χ3v) is 3.48. The molecule has 0 amide bonds. The van der Waals surface area contributed by atoms with Crippen LogP contribution in [-0.2, 0) is 9.53 Å². The van der Waals surface area contributed by atoms with E-state index in [0.717, 1.165) is 11.3 Å². The lowest BCUT2D eigenvalue weighted by Gasteiger charge is -2.09. The van der Waals surface area contributed by atoms with Crippen LogP contribution in [0.4, 0.5) is 0 Å². The van der Waals surface area contributed by atoms with Gasteiger partial charge in [0.1, 0.15) is 5.75 Å². The maximum Gasteiger partial charge on any atom is 0.363 e. The van der Waals surface area contributed by atoms with Crippen molar-refractivity contribution in [3.8, 4) is 5.75 Å². The molecule has 3 rings (SSSR count). The molecule has 0 atom stereocenters. The summed E-state index contributed by atoms with van der Waals surface area (Å²) in [6, 6.07) is 14.5. The number of hydrogen-bond acceptors (Lipinski definition) is 4. The molecule has 0 unspecified atom stereocenters. The Morgan fingerprint density at radius 3 is 2.58 bits per heavy atom. The first-order valence-electron chi connectivity index (χ1n) is 7.56. The molecule has 5 heteroatoms. The Hall–Kier alpha value is -2.59. The van der Waals surface area contributed by atoms with Crippen LogP contribution >= 0.6 is 11.6 Å². The number of carbonyl (C=O) groups excluding carboxylic acids is 1. The number of halogens is 1. The number of aliphatic imine (C=N–C) groups is 1. The fourth-order valence-corrected chi connectivity index (χ4v) is 2.42. The smallest absolute Gasteiger partial charge is 0.363 e. The average molecular weight is 342 g/mol. The zero-order valence-electron chi connectivity index (χ0n) is 13.3. The van der Waals surface area contributed by atoms with Crippen molar-refractivity contribution in [3.63, 3.8) is 0 Å². The number of carbonyl (C=O) groups is 1. The minimum Gasteiger partial charge on any atom is -0.491 e. The topological polar surface area (TPSA) is 47.9 Å². The summed E-state index contributed by atoms with van der Waals surface area (Å²) in [7, 11) is 0. The molecule has 2 aromatic rings. The molecule has 0 saturated heterocycles. The third kappa shape index (κ3) is 3.84. The summed E-state index contributed by atoms with van der Waals surface area (Å²) in [5, 5.41) is 0.560. The van der Waals surface area contributed by atoms with Gasteiger partial charge in [-0.25, -0.2) is 9.79 Å². The van der Waals surface area contributed by atoms with Gasteiger partial charge in [0.25, 0.3) is 0 Å². The minimum atomic E-state index is -0.479. The van der Waals surface area contributed by atoms with E-state index in [4.69, 9.17) is 21.1 Å². The molecule has 0 bridgehead atoms. The molecular weight excluding hydrogens is 326 g/mol. The second kappa shape index (κ2) is 6.89. The summed E-state index contributed by atoms with van der Waals surface area (Å²) in [5.41, 5.74) is 1.76. The van der Waals surface area contributed by atoms with Crippen molar-refractivity contribution in [1.82, 2.24) is 0 Å². The lowest BCUT2D eigenvalue weighted by atomic mass is 10.2. The van der Waals surface area contributed by atoms with Crippen LogP contribution in [-0.4, -0.2) is 18.0 Å². The van der Waals surface area contributed by atoms with Gasteiger partial charge < -0.3 is 9.47 Å². The van der Waals surface area contributed by atoms with Crippen LogP contribution in [0.5, 0.6) is 5.75 Å². The van der Waals surface area contributed by atoms with Crippen molar-refractivity contribution in [2.45, 2.75) is 20.0 Å². The molecule has 122 valence electrons. The summed E-state index contributed by atoms with van der Waals surface area (Å²) < 4.78 is 10.8. The lowest BCUT2D eigenvalue weighted by Crippen LogP contribution is -2.05. The van der Waals surface area contributed by atoms with Gasteiger partial charge in [-0.3, -0.25) is 0 Å². The predicted molar refractivity (Wildman–Crippen MR) is 94.3 cm³/mol. The van der Waals surface area contributed by atoms with Crippen molar-refractivity contribution in [2.75, 3.05) is 0 Å². The summed E-state index contributed by atoms with van der Waals surface area (Å²) in [6.07, 6.45) is 1.79. The standard InChI is InChI=1S/C19H16ClNO3/c1-12(2)23-16-8-6-13(7-9-16)10-17-19(22)24-18(21-17)14-4-3-5-15(20)11-14/h3-12H,1-2H3/b17-10-. The Morgan fingerprint density at radius 1 is 1.17 bits per heavy atom. The van der Waals surface area contributed by atoms with Crippen molar-refractivity contribution >= 4 is 29.5 Å². The van der Waals surface area contributed by atoms with Gasteiger partial charge in [-0.15, -0.1) is 0 Å². The summed E-state index contributed by atoms with van der Waals surface area (Å²) in [6.45, 7) is 3.94.